The van der Waals surface area contributed by atoms with Crippen LogP contribution in [0.2, 0.25) is 0 Å². The van der Waals surface area contributed by atoms with Crippen LogP contribution in [0.3, 0.4) is 0 Å². The molecule has 2 N–H and O–H groups in total. The van der Waals surface area contributed by atoms with E-state index >= 15 is 0 Å². The first kappa shape index (κ1) is 15.9. The molecule has 122 valence electrons. The normalized spacial score (nSPS) is 16.7. The van der Waals surface area contributed by atoms with E-state index in [1.165, 1.54) is 22.3 Å². The predicted molar refractivity (Wildman–Crippen MR) is 92.3 cm³/mol. The van der Waals surface area contributed by atoms with Gasteiger partial charge in [0.15, 0.2) is 11.5 Å². The molecule has 0 aromatic heterocycles. The minimum Gasteiger partial charge on any atom is -0.493 e. The number of hydrogen-bond donors (Lipinski definition) is 1. The van der Waals surface area contributed by atoms with Gasteiger partial charge in [0.05, 0.1) is 20.3 Å². The molecule has 0 bridgehead atoms. The topological polar surface area (TPSA) is 35.1 Å². The van der Waals surface area contributed by atoms with Crippen LogP contribution < -0.4 is 14.8 Å². The van der Waals surface area contributed by atoms with Gasteiger partial charge in [-0.3, -0.25) is 0 Å². The average Bonchev–Trinajstić information content (AvgIpc) is 2.61. The summed E-state index contributed by atoms with van der Waals surface area (Å²) in [6.07, 6.45) is 2.15. The number of fused-ring (bicyclic) bond motifs is 1. The summed E-state index contributed by atoms with van der Waals surface area (Å²) in [6, 6.07) is 13.7. The van der Waals surface area contributed by atoms with E-state index in [0.29, 0.717) is 12.6 Å². The summed E-state index contributed by atoms with van der Waals surface area (Å²) in [5, 5.41) is 2.42. The van der Waals surface area contributed by atoms with Crippen molar-refractivity contribution in [3.63, 3.8) is 0 Å². The Bertz CT molecular complexity index is 664. The number of nitrogens with two attached hydrogens (primary N) is 1. The third-order valence-corrected chi connectivity index (χ3v) is 4.62. The fourth-order valence-electron chi connectivity index (χ4n) is 3.36. The summed E-state index contributed by atoms with van der Waals surface area (Å²) in [7, 11) is 1.71. The van der Waals surface area contributed by atoms with Gasteiger partial charge in [0.25, 0.3) is 0 Å². The highest BCUT2D eigenvalue weighted by molar-refractivity contribution is 5.50. The highest BCUT2D eigenvalue weighted by Gasteiger charge is 2.27. The Kier molecular flexibility index (Phi) is 4.87. The van der Waals surface area contributed by atoms with E-state index in [9.17, 15) is 0 Å². The van der Waals surface area contributed by atoms with Crippen molar-refractivity contribution in [1.29, 1.82) is 0 Å². The van der Waals surface area contributed by atoms with Gasteiger partial charge in [0.1, 0.15) is 6.04 Å². The first-order valence-corrected chi connectivity index (χ1v) is 8.52. The van der Waals surface area contributed by atoms with Gasteiger partial charge in [-0.2, -0.15) is 0 Å². The Balaban J connectivity index is 2.00. The summed E-state index contributed by atoms with van der Waals surface area (Å²) < 4.78 is 11.3. The molecule has 0 fully saturated rings. The van der Waals surface area contributed by atoms with Crippen molar-refractivity contribution in [2.75, 3.05) is 20.3 Å². The summed E-state index contributed by atoms with van der Waals surface area (Å²) >= 11 is 0. The molecule has 3 nitrogen and oxygen atoms in total. The number of hydrogen-bond acceptors (Lipinski definition) is 2. The number of ether oxygens (including phenoxy) is 2. The van der Waals surface area contributed by atoms with Gasteiger partial charge in [-0.15, -0.1) is 0 Å². The summed E-state index contributed by atoms with van der Waals surface area (Å²) in [5.41, 5.74) is 5.46. The molecule has 23 heavy (non-hydrogen) atoms. The van der Waals surface area contributed by atoms with Gasteiger partial charge < -0.3 is 14.8 Å². The smallest absolute Gasteiger partial charge is 0.161 e. The van der Waals surface area contributed by atoms with Crippen molar-refractivity contribution in [3.05, 3.63) is 58.7 Å². The standard InChI is InChI=1S/C20H25NO2/c1-4-14-6-8-15(9-7-14)20-17-13-18(22-3)19(23-5-2)12-16(17)10-11-21-20/h6-9,12-13,20-21H,4-5,10-11H2,1-3H3/p+1/t20-/m1/s1. The van der Waals surface area contributed by atoms with E-state index in [0.717, 1.165) is 30.9 Å². The largest absolute Gasteiger partial charge is 0.493 e. The van der Waals surface area contributed by atoms with Crippen LogP contribution in [0.25, 0.3) is 0 Å². The first-order valence-electron chi connectivity index (χ1n) is 8.52. The van der Waals surface area contributed by atoms with E-state index in [-0.39, 0.29) is 0 Å². The van der Waals surface area contributed by atoms with E-state index < -0.39 is 0 Å². The summed E-state index contributed by atoms with van der Waals surface area (Å²) in [6.45, 7) is 5.95. The van der Waals surface area contributed by atoms with E-state index in [1.807, 2.05) is 6.92 Å². The lowest BCUT2D eigenvalue weighted by Crippen LogP contribution is -2.87. The van der Waals surface area contributed by atoms with Gasteiger partial charge in [-0.05, 0) is 36.6 Å². The molecule has 0 saturated heterocycles. The Hall–Kier alpha value is -2.00. The Labute approximate surface area is 138 Å². The molecule has 0 spiro atoms. The first-order chi connectivity index (χ1) is 11.3. The molecule has 1 aliphatic rings. The van der Waals surface area contributed by atoms with E-state index in [1.54, 1.807) is 7.11 Å². The summed E-state index contributed by atoms with van der Waals surface area (Å²) in [4.78, 5) is 0. The van der Waals surface area contributed by atoms with Crippen LogP contribution in [-0.2, 0) is 12.8 Å². The SMILES string of the molecule is CCOc1cc2c(cc1OC)[C@@H](c1ccc(CC)cc1)[NH2+]CC2. The zero-order valence-electron chi connectivity index (χ0n) is 14.3. The number of rotatable bonds is 5. The molecule has 0 unspecified atom stereocenters. The number of aryl methyl sites for hydroxylation is 1. The van der Waals surface area contributed by atoms with Crippen LogP contribution >= 0.6 is 0 Å². The molecule has 2 aromatic rings. The lowest BCUT2D eigenvalue weighted by Gasteiger charge is -2.26. The van der Waals surface area contributed by atoms with Crippen LogP contribution in [0.5, 0.6) is 11.5 Å². The maximum absolute atomic E-state index is 5.73. The molecule has 1 aliphatic heterocycles. The highest BCUT2D eigenvalue weighted by atomic mass is 16.5. The Morgan fingerprint density at radius 1 is 1.09 bits per heavy atom. The molecule has 0 aliphatic carbocycles. The van der Waals surface area contributed by atoms with Crippen molar-refractivity contribution in [1.82, 2.24) is 0 Å². The second-order valence-corrected chi connectivity index (χ2v) is 5.98. The van der Waals surface area contributed by atoms with Gasteiger partial charge in [0.2, 0.25) is 0 Å². The molecule has 1 atom stereocenters. The van der Waals surface area contributed by atoms with E-state index in [2.05, 4.69) is 48.6 Å². The quantitative estimate of drug-likeness (QED) is 0.921. The maximum atomic E-state index is 5.73. The van der Waals surface area contributed by atoms with Crippen molar-refractivity contribution >= 4 is 0 Å². The fourth-order valence-corrected chi connectivity index (χ4v) is 3.36. The zero-order chi connectivity index (χ0) is 16.2. The predicted octanol–water partition coefficient (Wildman–Crippen LogP) is 2.87. The van der Waals surface area contributed by atoms with Crippen molar-refractivity contribution < 1.29 is 14.8 Å². The Morgan fingerprint density at radius 2 is 1.87 bits per heavy atom. The monoisotopic (exact) mass is 312 g/mol. The second kappa shape index (κ2) is 7.05. The molecular formula is C20H26NO2+. The molecular weight excluding hydrogens is 286 g/mol. The molecule has 0 radical (unpaired) electrons. The van der Waals surface area contributed by atoms with E-state index in [4.69, 9.17) is 9.47 Å². The highest BCUT2D eigenvalue weighted by Crippen LogP contribution is 2.35. The van der Waals surface area contributed by atoms with Gasteiger partial charge in [-0.1, -0.05) is 31.2 Å². The molecule has 3 rings (SSSR count). The van der Waals surface area contributed by atoms with Crippen molar-refractivity contribution in [2.45, 2.75) is 32.7 Å². The molecule has 2 aromatic carbocycles. The van der Waals surface area contributed by atoms with Gasteiger partial charge in [0, 0.05) is 17.5 Å². The zero-order valence-corrected chi connectivity index (χ0v) is 14.3. The third kappa shape index (κ3) is 3.20. The van der Waals surface area contributed by atoms with Crippen LogP contribution in [0.4, 0.5) is 0 Å². The van der Waals surface area contributed by atoms with Gasteiger partial charge >= 0.3 is 0 Å². The molecule has 1 heterocycles. The number of quaternary nitrogens is 1. The maximum Gasteiger partial charge on any atom is 0.161 e. The molecule has 0 amide bonds. The third-order valence-electron chi connectivity index (χ3n) is 4.62. The number of benzene rings is 2. The van der Waals surface area contributed by atoms with Gasteiger partial charge in [-0.25, -0.2) is 0 Å². The minimum atomic E-state index is 0.342. The molecule has 3 heteroatoms. The minimum absolute atomic E-state index is 0.342. The van der Waals surface area contributed by atoms with Crippen LogP contribution in [0, 0.1) is 0 Å². The second-order valence-electron chi connectivity index (χ2n) is 5.98. The fraction of sp³-hybridized carbons (Fsp3) is 0.400. The molecule has 0 saturated carbocycles. The average molecular weight is 312 g/mol. The van der Waals surface area contributed by atoms with Crippen LogP contribution in [-0.4, -0.2) is 20.3 Å². The van der Waals surface area contributed by atoms with Crippen molar-refractivity contribution in [3.8, 4) is 11.5 Å². The Morgan fingerprint density at radius 3 is 2.52 bits per heavy atom. The summed E-state index contributed by atoms with van der Waals surface area (Å²) in [5.74, 6) is 1.69. The van der Waals surface area contributed by atoms with Crippen molar-refractivity contribution in [2.24, 2.45) is 0 Å². The van der Waals surface area contributed by atoms with Crippen LogP contribution in [0.1, 0.15) is 42.1 Å². The van der Waals surface area contributed by atoms with Crippen LogP contribution in [0.15, 0.2) is 36.4 Å². The lowest BCUT2D eigenvalue weighted by atomic mass is 9.89. The lowest BCUT2D eigenvalue weighted by molar-refractivity contribution is -0.690. The number of methoxy groups -OCH3 is 1.